The van der Waals surface area contributed by atoms with Gasteiger partial charge >= 0.3 is 0 Å². The standard InChI is InChI=1S/C30H26N4O4.2C23H20N4O4/c35-24-15-18-33-28(29(24)38-20-22-10-3-1-4-11-22)30(36)32-17-7-8-19-37-25-14-9-16-31-26(25)27(34(33)21-32)23-12-5-2-6-13-23;2*28-17-10-13-26-21(22(17)29)23(30)25-12-4-5-14-31-18-9-6-11-24-19(18)20(27(26)15-25)16-7-2-1-3-8-16/h1-16,18,27H,17,19-21H2;2*1-11,13,20,29H,12,14-15H2/b8-7-;2*5-4-/t;2*20-/m.10/s1. The topological polar surface area (TPSA) is 253 Å². The molecule has 100 heavy (non-hydrogen) atoms. The molecule has 6 bridgehead atoms. The molecule has 24 nitrogen and oxygen atoms in total. The highest BCUT2D eigenvalue weighted by atomic mass is 16.5. The predicted molar refractivity (Wildman–Crippen MR) is 370 cm³/mol. The highest BCUT2D eigenvalue weighted by molar-refractivity contribution is 5.98. The summed E-state index contributed by atoms with van der Waals surface area (Å²) in [5, 5.41) is 26.8. The summed E-state index contributed by atoms with van der Waals surface area (Å²) in [6, 6.07) is 52.8. The van der Waals surface area contributed by atoms with Gasteiger partial charge in [-0.2, -0.15) is 0 Å². The van der Waals surface area contributed by atoms with Gasteiger partial charge in [0.05, 0.1) is 0 Å². The molecule has 3 atom stereocenters. The smallest absolute Gasteiger partial charge is 0.278 e. The average Bonchev–Trinajstić information content (AvgIpc) is 0.894. The molecule has 3 amide bonds. The third-order valence-electron chi connectivity index (χ3n) is 17.5. The lowest BCUT2D eigenvalue weighted by Gasteiger charge is -2.43. The van der Waals surface area contributed by atoms with E-state index in [9.17, 15) is 39.0 Å². The third-order valence-corrected chi connectivity index (χ3v) is 17.5. The fraction of sp³-hybridized carbons (Fsp3) is 0.171. The van der Waals surface area contributed by atoms with Gasteiger partial charge in [0.25, 0.3) is 17.7 Å². The van der Waals surface area contributed by atoms with Gasteiger partial charge in [-0.05, 0) is 76.9 Å². The van der Waals surface area contributed by atoms with Gasteiger partial charge in [0.2, 0.25) is 16.3 Å². The number of nitrogens with zero attached hydrogens (tertiary/aromatic N) is 12. The lowest BCUT2D eigenvalue weighted by atomic mass is 10.0. The van der Waals surface area contributed by atoms with E-state index >= 15 is 0 Å². The summed E-state index contributed by atoms with van der Waals surface area (Å²) < 4.78 is 29.0. The van der Waals surface area contributed by atoms with E-state index < -0.39 is 52.3 Å². The van der Waals surface area contributed by atoms with E-state index in [4.69, 9.17) is 23.9 Å². The van der Waals surface area contributed by atoms with E-state index in [-0.39, 0.29) is 60.8 Å². The number of rotatable bonds is 6. The number of amides is 3. The van der Waals surface area contributed by atoms with Crippen molar-refractivity contribution in [2.24, 2.45) is 0 Å². The van der Waals surface area contributed by atoms with Crippen molar-refractivity contribution >= 4 is 17.7 Å². The van der Waals surface area contributed by atoms with Gasteiger partial charge in [-0.15, -0.1) is 0 Å². The van der Waals surface area contributed by atoms with Crippen molar-refractivity contribution in [3.05, 3.63) is 337 Å². The molecule has 0 fully saturated rings. The van der Waals surface area contributed by atoms with Crippen molar-refractivity contribution in [2.75, 3.05) is 74.5 Å². The zero-order valence-electron chi connectivity index (χ0n) is 53.8. The van der Waals surface area contributed by atoms with Gasteiger partial charge in [-0.3, -0.25) is 72.8 Å². The Morgan fingerprint density at radius 1 is 0.380 bits per heavy atom. The number of hydrogen-bond acceptors (Lipinski definition) is 18. The van der Waals surface area contributed by atoms with Crippen LogP contribution >= 0.6 is 0 Å². The Morgan fingerprint density at radius 3 is 1.08 bits per heavy atom. The van der Waals surface area contributed by atoms with E-state index in [0.717, 1.165) is 22.3 Å². The Hall–Kier alpha value is -13.0. The van der Waals surface area contributed by atoms with Gasteiger partial charge in [0.1, 0.15) is 98.9 Å². The number of aromatic hydroxyl groups is 2. The van der Waals surface area contributed by atoms with Gasteiger partial charge in [0.15, 0.2) is 34.3 Å². The van der Waals surface area contributed by atoms with E-state index in [2.05, 4.69) is 9.97 Å². The van der Waals surface area contributed by atoms with Crippen LogP contribution in [0.3, 0.4) is 0 Å². The van der Waals surface area contributed by atoms with Crippen LogP contribution in [0.5, 0.6) is 34.5 Å². The molecule has 0 saturated carbocycles. The molecule has 2 N–H and O–H groups in total. The molecule has 0 aliphatic carbocycles. The molecular weight excluding hydrogens is 1270 g/mol. The monoisotopic (exact) mass is 1340 g/mol. The first kappa shape index (κ1) is 64.4. The average molecular weight is 1340 g/mol. The van der Waals surface area contributed by atoms with Gasteiger partial charge < -0.3 is 43.9 Å². The maximum absolute atomic E-state index is 13.8. The van der Waals surface area contributed by atoms with Crippen LogP contribution in [0.1, 0.15) is 88.9 Å². The molecular formula is C76H66N12O12. The number of pyridine rings is 6. The fourth-order valence-electron chi connectivity index (χ4n) is 12.8. The van der Waals surface area contributed by atoms with E-state index in [1.54, 1.807) is 53.5 Å². The van der Waals surface area contributed by atoms with Crippen molar-refractivity contribution in [1.82, 2.24) is 43.7 Å². The van der Waals surface area contributed by atoms with Crippen molar-refractivity contribution in [3.63, 3.8) is 0 Å². The maximum atomic E-state index is 13.8. The summed E-state index contributed by atoms with van der Waals surface area (Å²) in [4.78, 5) is 96.3. The van der Waals surface area contributed by atoms with Crippen molar-refractivity contribution in [1.29, 1.82) is 0 Å². The number of aromatic nitrogens is 6. The minimum atomic E-state index is -0.598. The molecule has 16 rings (SSSR count). The van der Waals surface area contributed by atoms with E-state index in [1.807, 2.05) is 209 Å². The fourth-order valence-corrected chi connectivity index (χ4v) is 12.8. The van der Waals surface area contributed by atoms with Crippen LogP contribution in [0.25, 0.3) is 0 Å². The lowest BCUT2D eigenvalue weighted by Crippen LogP contribution is -2.55. The van der Waals surface area contributed by atoms with Gasteiger partial charge in [0, 0.05) is 75.0 Å². The first-order valence-electron chi connectivity index (χ1n) is 32.3. The summed E-state index contributed by atoms with van der Waals surface area (Å²) in [6.07, 6.45) is 20.9. The first-order valence-corrected chi connectivity index (χ1v) is 32.3. The Labute approximate surface area is 572 Å². The molecule has 502 valence electrons. The van der Waals surface area contributed by atoms with E-state index in [1.165, 1.54) is 30.6 Å². The normalized spacial score (nSPS) is 18.4. The van der Waals surface area contributed by atoms with Gasteiger partial charge in [-0.1, -0.05) is 140 Å². The largest absolute Gasteiger partial charge is 0.502 e. The number of benzene rings is 4. The summed E-state index contributed by atoms with van der Waals surface area (Å²) in [5.74, 6) is -0.306. The van der Waals surface area contributed by atoms with Crippen LogP contribution < -0.4 is 50.3 Å². The van der Waals surface area contributed by atoms with Gasteiger partial charge in [-0.25, -0.2) is 0 Å². The quantitative estimate of drug-likeness (QED) is 0.150. The highest BCUT2D eigenvalue weighted by Crippen LogP contribution is 2.40. The molecule has 1 unspecified atom stereocenters. The minimum absolute atomic E-state index is 0.0270. The third kappa shape index (κ3) is 12.9. The lowest BCUT2D eigenvalue weighted by molar-refractivity contribution is 0.0691. The summed E-state index contributed by atoms with van der Waals surface area (Å²) >= 11 is 0. The molecule has 6 aromatic heterocycles. The number of hydrogen-bond donors (Lipinski definition) is 2. The summed E-state index contributed by atoms with van der Waals surface area (Å²) in [6.45, 7) is 2.88. The zero-order valence-corrected chi connectivity index (χ0v) is 53.8. The second-order valence-electron chi connectivity index (χ2n) is 23.7. The van der Waals surface area contributed by atoms with Crippen LogP contribution in [0.15, 0.2) is 264 Å². The number of carbonyl (C=O) groups is 3. The minimum Gasteiger partial charge on any atom is -0.502 e. The second-order valence-corrected chi connectivity index (χ2v) is 23.7. The molecule has 6 aliphatic rings. The Kier molecular flexibility index (Phi) is 18.5. The number of carbonyl (C=O) groups excluding carboxylic acids is 3. The Balaban J connectivity index is 0.000000129. The van der Waals surface area contributed by atoms with Crippen LogP contribution in [0, 0.1) is 0 Å². The summed E-state index contributed by atoms with van der Waals surface area (Å²) in [7, 11) is 0. The maximum Gasteiger partial charge on any atom is 0.278 e. The molecule has 0 radical (unpaired) electrons. The molecule has 0 spiro atoms. The molecule has 0 saturated heterocycles. The van der Waals surface area contributed by atoms with Crippen molar-refractivity contribution < 1.29 is 43.5 Å². The number of ether oxygens (including phenoxy) is 4. The molecule has 12 heterocycles. The van der Waals surface area contributed by atoms with Crippen molar-refractivity contribution in [2.45, 2.75) is 24.7 Å². The van der Waals surface area contributed by atoms with Crippen LogP contribution in [0.4, 0.5) is 0 Å². The van der Waals surface area contributed by atoms with Crippen molar-refractivity contribution in [3.8, 4) is 34.5 Å². The molecule has 10 aromatic rings. The zero-order chi connectivity index (χ0) is 68.6. The Morgan fingerprint density at radius 2 is 0.710 bits per heavy atom. The van der Waals surface area contributed by atoms with Crippen LogP contribution in [-0.2, 0) is 6.61 Å². The number of fused-ring (bicyclic) bond motifs is 15. The second kappa shape index (κ2) is 28.8. The molecule has 4 aromatic carbocycles. The van der Waals surface area contributed by atoms with E-state index in [0.29, 0.717) is 73.8 Å². The SMILES string of the molecule is O=C1c2c(O)c(=O)ccn2N2CN1C/C=C\COc1cccnc1[C@@H]2c1ccccc1.O=C1c2c(O)c(=O)ccn2N2CN1C/C=C\COc1cccnc1[C@H]2c1ccccc1.O=C1c2c(OCc3ccccc3)c(=O)ccn2N2CN1C/C=C\COc1cccnc1C2c1ccccc1. The van der Waals surface area contributed by atoms with Crippen LogP contribution in [0.2, 0.25) is 0 Å². The predicted octanol–water partition coefficient (Wildman–Crippen LogP) is 7.99. The first-order chi connectivity index (χ1) is 49.0. The summed E-state index contributed by atoms with van der Waals surface area (Å²) in [5.41, 5.74) is 4.28. The Bertz CT molecular complexity index is 4760. The highest BCUT2D eigenvalue weighted by Gasteiger charge is 2.42. The molecule has 6 aliphatic heterocycles. The van der Waals surface area contributed by atoms with Crippen LogP contribution in [-0.4, -0.2) is 131 Å². The molecule has 24 heteroatoms.